The highest BCUT2D eigenvalue weighted by atomic mass is 35.5. The molecule has 4 rings (SSSR count). The highest BCUT2D eigenvalue weighted by Gasteiger charge is 2.34. The molecule has 0 aliphatic carbocycles. The number of benzene rings is 3. The first-order valence-corrected chi connectivity index (χ1v) is 12.6. The average Bonchev–Trinajstić information content (AvgIpc) is 2.93. The van der Waals surface area contributed by atoms with Crippen LogP contribution in [0.3, 0.4) is 0 Å². The number of piperazine rings is 1. The summed E-state index contributed by atoms with van der Waals surface area (Å²) in [4.78, 5) is 27.8. The third kappa shape index (κ3) is 6.65. The Kier molecular flexibility index (Phi) is 8.98. The summed E-state index contributed by atoms with van der Waals surface area (Å²) in [7, 11) is 1.62. The van der Waals surface area contributed by atoms with Gasteiger partial charge in [0.15, 0.2) is 0 Å². The van der Waals surface area contributed by atoms with Crippen molar-refractivity contribution >= 4 is 23.4 Å². The fourth-order valence-corrected chi connectivity index (χ4v) is 4.82. The molecule has 36 heavy (non-hydrogen) atoms. The topological polar surface area (TPSA) is 70.7 Å². The van der Waals surface area contributed by atoms with Crippen LogP contribution in [0, 0.1) is 0 Å². The van der Waals surface area contributed by atoms with Gasteiger partial charge in [-0.25, -0.2) is 0 Å². The summed E-state index contributed by atoms with van der Waals surface area (Å²) >= 11 is 6.16. The summed E-state index contributed by atoms with van der Waals surface area (Å²) in [5.74, 6) is 0.622. The second-order valence-electron chi connectivity index (χ2n) is 8.92. The van der Waals surface area contributed by atoms with Crippen LogP contribution in [-0.4, -0.2) is 49.5 Å². The van der Waals surface area contributed by atoms with Gasteiger partial charge in [-0.1, -0.05) is 66.2 Å². The molecule has 0 saturated carbocycles. The van der Waals surface area contributed by atoms with Crippen molar-refractivity contribution in [1.82, 2.24) is 15.5 Å². The fourth-order valence-electron chi connectivity index (χ4n) is 4.70. The maximum absolute atomic E-state index is 13.4. The van der Waals surface area contributed by atoms with E-state index in [-0.39, 0.29) is 36.6 Å². The normalized spacial score (nSPS) is 16.3. The molecule has 1 aliphatic heterocycles. The molecular weight excluding hydrogens is 474 g/mol. The minimum Gasteiger partial charge on any atom is -0.497 e. The highest BCUT2D eigenvalue weighted by molar-refractivity contribution is 6.30. The molecule has 0 spiro atoms. The summed E-state index contributed by atoms with van der Waals surface area (Å²) in [5.41, 5.74) is 3.23. The van der Waals surface area contributed by atoms with Crippen molar-refractivity contribution in [2.24, 2.45) is 0 Å². The Balaban J connectivity index is 1.42. The van der Waals surface area contributed by atoms with Crippen LogP contribution in [0.5, 0.6) is 5.75 Å². The van der Waals surface area contributed by atoms with Crippen LogP contribution in [0.1, 0.15) is 35.4 Å². The minimum absolute atomic E-state index is 0.00371. The number of nitrogens with one attached hydrogen (secondary N) is 2. The highest BCUT2D eigenvalue weighted by Crippen LogP contribution is 2.33. The van der Waals surface area contributed by atoms with Crippen LogP contribution in [0.15, 0.2) is 78.9 Å². The van der Waals surface area contributed by atoms with Crippen molar-refractivity contribution in [3.63, 3.8) is 0 Å². The van der Waals surface area contributed by atoms with E-state index < -0.39 is 0 Å². The quantitative estimate of drug-likeness (QED) is 0.453. The summed E-state index contributed by atoms with van der Waals surface area (Å²) < 4.78 is 5.16. The van der Waals surface area contributed by atoms with Gasteiger partial charge in [-0.3, -0.25) is 9.59 Å². The van der Waals surface area contributed by atoms with E-state index >= 15 is 0 Å². The lowest BCUT2D eigenvalue weighted by molar-refractivity contribution is -0.136. The van der Waals surface area contributed by atoms with E-state index in [1.807, 2.05) is 71.6 Å². The first kappa shape index (κ1) is 25.7. The molecule has 1 fully saturated rings. The Morgan fingerprint density at radius 3 is 2.39 bits per heavy atom. The monoisotopic (exact) mass is 505 g/mol. The maximum Gasteiger partial charge on any atom is 0.223 e. The molecule has 3 aromatic carbocycles. The smallest absolute Gasteiger partial charge is 0.223 e. The molecule has 1 aliphatic rings. The molecule has 2 N–H and O–H groups in total. The van der Waals surface area contributed by atoms with Gasteiger partial charge in [-0.05, 0) is 41.0 Å². The lowest BCUT2D eigenvalue weighted by Gasteiger charge is -2.41. The van der Waals surface area contributed by atoms with E-state index in [1.165, 1.54) is 0 Å². The van der Waals surface area contributed by atoms with Crippen LogP contribution in [0.25, 0.3) is 0 Å². The number of rotatable bonds is 9. The Bertz CT molecular complexity index is 1140. The van der Waals surface area contributed by atoms with E-state index in [9.17, 15) is 9.59 Å². The van der Waals surface area contributed by atoms with Gasteiger partial charge in [0.25, 0.3) is 0 Å². The third-order valence-electron chi connectivity index (χ3n) is 6.59. The number of halogens is 1. The molecule has 1 heterocycles. The number of nitrogens with zero attached hydrogens (tertiary/aromatic N) is 1. The molecule has 6 nitrogen and oxygen atoms in total. The number of hydrogen-bond acceptors (Lipinski definition) is 4. The molecule has 0 bridgehead atoms. The fraction of sp³-hybridized carbons (Fsp3) is 0.310. The largest absolute Gasteiger partial charge is 0.497 e. The standard InChI is InChI=1S/C29H32ClN3O3/c1-36-25-13-7-21(8-14-25)19-32-27(34)15-16-28(35)33-18-17-31-20-26(33)29(22-5-3-2-4-6-22)23-9-11-24(30)12-10-23/h2-14,26,29,31H,15-20H2,1H3,(H,32,34). The van der Waals surface area contributed by atoms with Gasteiger partial charge in [0, 0.05) is 50.0 Å². The zero-order valence-corrected chi connectivity index (χ0v) is 21.2. The number of hydrogen-bond donors (Lipinski definition) is 2. The zero-order chi connectivity index (χ0) is 25.3. The van der Waals surface area contributed by atoms with Crippen molar-refractivity contribution in [3.8, 4) is 5.75 Å². The number of carbonyl (C=O) groups excluding carboxylic acids is 2. The van der Waals surface area contributed by atoms with Crippen molar-refractivity contribution in [2.75, 3.05) is 26.7 Å². The molecule has 2 unspecified atom stereocenters. The third-order valence-corrected chi connectivity index (χ3v) is 6.84. The van der Waals surface area contributed by atoms with Gasteiger partial charge in [-0.15, -0.1) is 0 Å². The first-order chi connectivity index (χ1) is 17.5. The molecule has 7 heteroatoms. The predicted octanol–water partition coefficient (Wildman–Crippen LogP) is 4.38. The van der Waals surface area contributed by atoms with Crippen LogP contribution < -0.4 is 15.4 Å². The van der Waals surface area contributed by atoms with Gasteiger partial charge >= 0.3 is 0 Å². The number of methoxy groups -OCH3 is 1. The van der Waals surface area contributed by atoms with Gasteiger partial charge < -0.3 is 20.3 Å². The maximum atomic E-state index is 13.4. The molecule has 1 saturated heterocycles. The Morgan fingerprint density at radius 1 is 1.00 bits per heavy atom. The molecular formula is C29H32ClN3O3. The van der Waals surface area contributed by atoms with Gasteiger partial charge in [-0.2, -0.15) is 0 Å². The Hall–Kier alpha value is -3.35. The summed E-state index contributed by atoms with van der Waals surface area (Å²) in [5, 5.41) is 7.05. The van der Waals surface area contributed by atoms with E-state index in [1.54, 1.807) is 7.11 Å². The summed E-state index contributed by atoms with van der Waals surface area (Å²) in [6, 6.07) is 25.6. The van der Waals surface area contributed by atoms with E-state index in [0.717, 1.165) is 29.0 Å². The molecule has 0 aromatic heterocycles. The molecule has 2 amide bonds. The lowest BCUT2D eigenvalue weighted by Crippen LogP contribution is -2.56. The Labute approximate surface area is 217 Å². The predicted molar refractivity (Wildman–Crippen MR) is 142 cm³/mol. The van der Waals surface area contributed by atoms with E-state index in [4.69, 9.17) is 16.3 Å². The van der Waals surface area contributed by atoms with E-state index in [0.29, 0.717) is 24.7 Å². The van der Waals surface area contributed by atoms with Crippen LogP contribution in [-0.2, 0) is 16.1 Å². The second kappa shape index (κ2) is 12.6. The minimum atomic E-state index is -0.136. The summed E-state index contributed by atoms with van der Waals surface area (Å²) in [6.07, 6.45) is 0.329. The summed E-state index contributed by atoms with van der Waals surface area (Å²) in [6.45, 7) is 2.43. The SMILES string of the molecule is COc1ccc(CNC(=O)CCC(=O)N2CCNCC2C(c2ccccc2)c2ccc(Cl)cc2)cc1. The zero-order valence-electron chi connectivity index (χ0n) is 20.5. The molecule has 188 valence electrons. The molecule has 3 aromatic rings. The number of ether oxygens (including phenoxy) is 1. The van der Waals surface area contributed by atoms with Crippen molar-refractivity contribution in [2.45, 2.75) is 31.3 Å². The Morgan fingerprint density at radius 2 is 1.69 bits per heavy atom. The van der Waals surface area contributed by atoms with Gasteiger partial charge in [0.05, 0.1) is 13.2 Å². The van der Waals surface area contributed by atoms with E-state index in [2.05, 4.69) is 22.8 Å². The van der Waals surface area contributed by atoms with Crippen molar-refractivity contribution in [1.29, 1.82) is 0 Å². The lowest BCUT2D eigenvalue weighted by atomic mass is 9.83. The van der Waals surface area contributed by atoms with Crippen molar-refractivity contribution < 1.29 is 14.3 Å². The average molecular weight is 506 g/mol. The van der Waals surface area contributed by atoms with Gasteiger partial charge in [0.1, 0.15) is 5.75 Å². The molecule has 2 atom stereocenters. The van der Waals surface area contributed by atoms with Crippen molar-refractivity contribution in [3.05, 3.63) is 101 Å². The second-order valence-corrected chi connectivity index (χ2v) is 9.36. The van der Waals surface area contributed by atoms with Gasteiger partial charge in [0.2, 0.25) is 11.8 Å². The van der Waals surface area contributed by atoms with Crippen LogP contribution >= 0.6 is 11.6 Å². The number of amides is 2. The van der Waals surface area contributed by atoms with Crippen LogP contribution in [0.2, 0.25) is 5.02 Å². The number of carbonyl (C=O) groups is 2. The first-order valence-electron chi connectivity index (χ1n) is 12.3. The molecule has 0 radical (unpaired) electrons. The van der Waals surface area contributed by atoms with Crippen LogP contribution in [0.4, 0.5) is 0 Å².